The van der Waals surface area contributed by atoms with E-state index in [0.717, 1.165) is 0 Å². The Morgan fingerprint density at radius 2 is 1.38 bits per heavy atom. The lowest BCUT2D eigenvalue weighted by Gasteiger charge is -2.27. The Morgan fingerprint density at radius 1 is 0.811 bits per heavy atom. The van der Waals surface area contributed by atoms with Crippen molar-refractivity contribution in [2.45, 2.75) is 5.60 Å². The van der Waals surface area contributed by atoms with Crippen LogP contribution in [0.25, 0.3) is 0 Å². The van der Waals surface area contributed by atoms with Crippen molar-refractivity contribution < 1.29 is 19.4 Å². The van der Waals surface area contributed by atoms with Crippen LogP contribution in [0.4, 0.5) is 0 Å². The van der Waals surface area contributed by atoms with Crippen LogP contribution < -0.4 is 10.2 Å². The van der Waals surface area contributed by atoms with Crippen LogP contribution in [0.15, 0.2) is 116 Å². The van der Waals surface area contributed by atoms with Gasteiger partial charge in [0.1, 0.15) is 0 Å². The first-order valence-corrected chi connectivity index (χ1v) is 13.3. The third-order valence-electron chi connectivity index (χ3n) is 5.41. The summed E-state index contributed by atoms with van der Waals surface area (Å²) in [6.07, 6.45) is 1.34. The molecule has 0 fully saturated rings. The van der Waals surface area contributed by atoms with Crippen LogP contribution in [0.5, 0.6) is 5.75 Å². The van der Waals surface area contributed by atoms with Crippen molar-refractivity contribution in [1.29, 1.82) is 0 Å². The fourth-order valence-corrected chi connectivity index (χ4v) is 5.37. The molecule has 0 spiro atoms. The van der Waals surface area contributed by atoms with Crippen molar-refractivity contribution >= 4 is 65.9 Å². The second kappa shape index (κ2) is 12.0. The standard InChI is InChI=1S/C28H19Br3N2O4/c29-21-15-18(25(24(31)16-21)37-26(34)22-13-7-8-14-23(22)30)17-32-33-27(35)28(36,19-9-3-1-4-10-19)20-11-5-2-6-12-20/h1-17,36H,(H,33,35)/b32-17-. The van der Waals surface area contributed by atoms with Crippen LogP contribution in [-0.2, 0) is 10.4 Å². The Labute approximate surface area is 238 Å². The van der Waals surface area contributed by atoms with Crippen LogP contribution in [0.2, 0.25) is 0 Å². The van der Waals surface area contributed by atoms with Gasteiger partial charge in [0, 0.05) is 14.5 Å². The highest BCUT2D eigenvalue weighted by Crippen LogP contribution is 2.34. The molecule has 4 aromatic carbocycles. The van der Waals surface area contributed by atoms with E-state index in [1.54, 1.807) is 97.1 Å². The Bertz CT molecular complexity index is 1420. The maximum atomic E-state index is 13.3. The van der Waals surface area contributed by atoms with E-state index in [1.807, 2.05) is 0 Å². The summed E-state index contributed by atoms with van der Waals surface area (Å²) in [5, 5.41) is 15.6. The lowest BCUT2D eigenvalue weighted by molar-refractivity contribution is -0.136. The van der Waals surface area contributed by atoms with Gasteiger partial charge in [-0.3, -0.25) is 4.79 Å². The first kappa shape index (κ1) is 26.9. The molecule has 0 aliphatic carbocycles. The van der Waals surface area contributed by atoms with E-state index in [9.17, 15) is 14.7 Å². The number of hydrogen-bond donors (Lipinski definition) is 2. The molecule has 2 N–H and O–H groups in total. The van der Waals surface area contributed by atoms with Gasteiger partial charge in [-0.2, -0.15) is 5.10 Å². The van der Waals surface area contributed by atoms with E-state index >= 15 is 0 Å². The molecular weight excluding hydrogens is 668 g/mol. The van der Waals surface area contributed by atoms with Gasteiger partial charge in [-0.25, -0.2) is 10.2 Å². The summed E-state index contributed by atoms with van der Waals surface area (Å²) in [7, 11) is 0. The number of esters is 1. The number of nitrogens with zero attached hydrogens (tertiary/aromatic N) is 1. The van der Waals surface area contributed by atoms with Gasteiger partial charge in [0.2, 0.25) is 0 Å². The summed E-state index contributed by atoms with van der Waals surface area (Å²) in [4.78, 5) is 26.1. The number of carbonyl (C=O) groups is 2. The highest BCUT2D eigenvalue weighted by atomic mass is 79.9. The molecule has 6 nitrogen and oxygen atoms in total. The lowest BCUT2D eigenvalue weighted by atomic mass is 9.85. The smallest absolute Gasteiger partial charge is 0.344 e. The largest absolute Gasteiger partial charge is 0.421 e. The van der Waals surface area contributed by atoms with Crippen molar-refractivity contribution in [1.82, 2.24) is 5.43 Å². The minimum Gasteiger partial charge on any atom is -0.421 e. The average molecular weight is 687 g/mol. The van der Waals surface area contributed by atoms with Gasteiger partial charge >= 0.3 is 5.97 Å². The van der Waals surface area contributed by atoms with Crippen LogP contribution in [0.1, 0.15) is 27.0 Å². The molecule has 0 bridgehead atoms. The molecule has 4 rings (SSSR count). The van der Waals surface area contributed by atoms with E-state index in [2.05, 4.69) is 58.3 Å². The number of ether oxygens (including phenoxy) is 1. The molecule has 37 heavy (non-hydrogen) atoms. The van der Waals surface area contributed by atoms with E-state index in [1.165, 1.54) is 6.21 Å². The molecule has 0 unspecified atom stereocenters. The molecule has 0 atom stereocenters. The fourth-order valence-electron chi connectivity index (χ4n) is 3.59. The zero-order chi connectivity index (χ0) is 26.4. The summed E-state index contributed by atoms with van der Waals surface area (Å²) >= 11 is 10.2. The van der Waals surface area contributed by atoms with Gasteiger partial charge in [0.25, 0.3) is 5.91 Å². The lowest BCUT2D eigenvalue weighted by Crippen LogP contribution is -2.43. The first-order valence-electron chi connectivity index (χ1n) is 10.9. The summed E-state index contributed by atoms with van der Waals surface area (Å²) in [6.45, 7) is 0. The van der Waals surface area contributed by atoms with Gasteiger partial charge in [0.15, 0.2) is 11.4 Å². The highest BCUT2D eigenvalue weighted by molar-refractivity contribution is 9.11. The minimum absolute atomic E-state index is 0.211. The van der Waals surface area contributed by atoms with E-state index in [-0.39, 0.29) is 5.75 Å². The fraction of sp³-hybridized carbons (Fsp3) is 0.0357. The molecule has 0 radical (unpaired) electrons. The van der Waals surface area contributed by atoms with Crippen LogP contribution in [0, 0.1) is 0 Å². The van der Waals surface area contributed by atoms with Gasteiger partial charge in [0.05, 0.1) is 16.3 Å². The molecule has 0 aliphatic heterocycles. The highest BCUT2D eigenvalue weighted by Gasteiger charge is 2.39. The molecule has 0 aromatic heterocycles. The SMILES string of the molecule is O=C(Oc1c(Br)cc(Br)cc1/C=N\NC(=O)C(O)(c1ccccc1)c1ccccc1)c1ccccc1Br. The van der Waals surface area contributed by atoms with Crippen molar-refractivity contribution in [2.24, 2.45) is 5.10 Å². The number of benzene rings is 4. The molecule has 0 saturated carbocycles. The van der Waals surface area contributed by atoms with Crippen molar-refractivity contribution in [3.63, 3.8) is 0 Å². The summed E-state index contributed by atoms with van der Waals surface area (Å²) in [5.41, 5.74) is 1.99. The van der Waals surface area contributed by atoms with E-state index < -0.39 is 17.5 Å². The number of rotatable bonds is 7. The van der Waals surface area contributed by atoms with Crippen molar-refractivity contribution in [2.75, 3.05) is 0 Å². The third kappa shape index (κ3) is 6.07. The molecule has 1 amide bonds. The molecule has 0 aliphatic rings. The second-order valence-corrected chi connectivity index (χ2v) is 10.4. The van der Waals surface area contributed by atoms with Crippen LogP contribution in [0.3, 0.4) is 0 Å². The van der Waals surface area contributed by atoms with Gasteiger partial charge in [-0.05, 0) is 67.3 Å². The average Bonchev–Trinajstić information content (AvgIpc) is 2.91. The molecule has 0 heterocycles. The third-order valence-corrected chi connectivity index (χ3v) is 7.15. The van der Waals surface area contributed by atoms with Gasteiger partial charge < -0.3 is 9.84 Å². The number of amides is 1. The number of nitrogens with one attached hydrogen (secondary N) is 1. The van der Waals surface area contributed by atoms with Crippen molar-refractivity contribution in [3.8, 4) is 5.75 Å². The quantitative estimate of drug-likeness (QED) is 0.0996. The summed E-state index contributed by atoms with van der Waals surface area (Å²) in [5.74, 6) is -1.11. The topological polar surface area (TPSA) is 88.0 Å². The maximum absolute atomic E-state index is 13.3. The number of hydrogen-bond acceptors (Lipinski definition) is 5. The molecule has 0 saturated heterocycles. The zero-order valence-corrected chi connectivity index (χ0v) is 23.8. The molecule has 9 heteroatoms. The number of aliphatic hydroxyl groups is 1. The monoisotopic (exact) mass is 684 g/mol. The summed E-state index contributed by atoms with van der Waals surface area (Å²) in [6, 6.07) is 27.5. The predicted octanol–water partition coefficient (Wildman–Crippen LogP) is 6.58. The summed E-state index contributed by atoms with van der Waals surface area (Å²) < 4.78 is 7.46. The maximum Gasteiger partial charge on any atom is 0.344 e. The van der Waals surface area contributed by atoms with Crippen LogP contribution in [-0.4, -0.2) is 23.2 Å². The van der Waals surface area contributed by atoms with Crippen molar-refractivity contribution in [3.05, 3.63) is 133 Å². The Hall–Kier alpha value is -3.11. The molecule has 186 valence electrons. The van der Waals surface area contributed by atoms with Gasteiger partial charge in [-0.15, -0.1) is 0 Å². The Balaban J connectivity index is 1.62. The number of hydrazone groups is 1. The molecule has 4 aromatic rings. The number of halogens is 3. The second-order valence-electron chi connectivity index (χ2n) is 7.82. The number of carbonyl (C=O) groups excluding carboxylic acids is 2. The first-order chi connectivity index (χ1) is 17.8. The predicted molar refractivity (Wildman–Crippen MR) is 153 cm³/mol. The molecular formula is C28H19Br3N2O4. The van der Waals surface area contributed by atoms with E-state index in [4.69, 9.17) is 4.74 Å². The van der Waals surface area contributed by atoms with Gasteiger partial charge in [-0.1, -0.05) is 88.7 Å². The Morgan fingerprint density at radius 3 is 1.97 bits per heavy atom. The normalized spacial score (nSPS) is 11.4. The van der Waals surface area contributed by atoms with E-state index in [0.29, 0.717) is 35.7 Å². The van der Waals surface area contributed by atoms with Crippen LogP contribution >= 0.6 is 47.8 Å². The Kier molecular flexibility index (Phi) is 8.71. The zero-order valence-electron chi connectivity index (χ0n) is 19.1. The minimum atomic E-state index is -1.98.